The molecule has 0 bridgehead atoms. The lowest BCUT2D eigenvalue weighted by Gasteiger charge is -2.26. The monoisotopic (exact) mass is 613 g/mol. The fourth-order valence-corrected chi connectivity index (χ4v) is 5.94. The molecule has 0 saturated heterocycles. The van der Waals surface area contributed by atoms with Gasteiger partial charge >= 0.3 is 5.97 Å². The number of rotatable bonds is 10. The van der Waals surface area contributed by atoms with Crippen LogP contribution in [0.15, 0.2) is 93.9 Å². The van der Waals surface area contributed by atoms with E-state index in [1.54, 1.807) is 44.2 Å². The lowest BCUT2D eigenvalue weighted by atomic mass is 9.95. The number of para-hydroxylation sites is 1. The Morgan fingerprint density at radius 3 is 2.57 bits per heavy atom. The Balaban J connectivity index is 1.50. The van der Waals surface area contributed by atoms with E-state index in [1.807, 2.05) is 50.2 Å². The maximum Gasteiger partial charge on any atom is 0.338 e. The zero-order valence-electron chi connectivity index (χ0n) is 24.7. The number of nitrogens with zero attached hydrogens (tertiary/aromatic N) is 3. The molecule has 11 heteroatoms. The van der Waals surface area contributed by atoms with E-state index in [0.29, 0.717) is 37.7 Å². The van der Waals surface area contributed by atoms with Gasteiger partial charge in [-0.05, 0) is 63.1 Å². The highest BCUT2D eigenvalue weighted by molar-refractivity contribution is 7.07. The van der Waals surface area contributed by atoms with Crippen molar-refractivity contribution in [1.29, 1.82) is 0 Å². The molecular formula is C33H31N3O7S. The van der Waals surface area contributed by atoms with Crippen molar-refractivity contribution in [2.75, 3.05) is 6.61 Å². The Morgan fingerprint density at radius 1 is 1.11 bits per heavy atom. The number of thiazole rings is 1. The van der Waals surface area contributed by atoms with Crippen molar-refractivity contribution in [3.63, 3.8) is 0 Å². The maximum atomic E-state index is 14.0. The van der Waals surface area contributed by atoms with E-state index < -0.39 is 16.9 Å². The summed E-state index contributed by atoms with van der Waals surface area (Å²) in [6, 6.07) is 20.1. The molecule has 10 nitrogen and oxygen atoms in total. The number of esters is 1. The Hall–Kier alpha value is -5.03. The van der Waals surface area contributed by atoms with Crippen molar-refractivity contribution >= 4 is 29.1 Å². The van der Waals surface area contributed by atoms with E-state index in [9.17, 15) is 19.7 Å². The van der Waals surface area contributed by atoms with Gasteiger partial charge in [-0.15, -0.1) is 0 Å². The number of nitro groups is 1. The highest BCUT2D eigenvalue weighted by Gasteiger charge is 2.35. The van der Waals surface area contributed by atoms with Crippen LogP contribution in [0.25, 0.3) is 6.08 Å². The van der Waals surface area contributed by atoms with Gasteiger partial charge in [0.2, 0.25) is 0 Å². The van der Waals surface area contributed by atoms with E-state index in [1.165, 1.54) is 28.0 Å². The van der Waals surface area contributed by atoms with Crippen LogP contribution in [0.2, 0.25) is 0 Å². The van der Waals surface area contributed by atoms with E-state index in [-0.39, 0.29) is 36.1 Å². The molecule has 1 atom stereocenters. The molecule has 1 aliphatic heterocycles. The molecule has 0 N–H and O–H groups in total. The Morgan fingerprint density at radius 2 is 1.86 bits per heavy atom. The van der Waals surface area contributed by atoms with Crippen molar-refractivity contribution in [1.82, 2.24) is 4.57 Å². The molecule has 0 aliphatic carbocycles. The van der Waals surface area contributed by atoms with Crippen LogP contribution in [-0.2, 0) is 16.1 Å². The van der Waals surface area contributed by atoms with Gasteiger partial charge in [-0.25, -0.2) is 9.79 Å². The number of nitro benzene ring substituents is 1. The third-order valence-corrected chi connectivity index (χ3v) is 7.78. The van der Waals surface area contributed by atoms with Gasteiger partial charge in [-0.3, -0.25) is 19.5 Å². The molecular weight excluding hydrogens is 582 g/mol. The topological polar surface area (TPSA) is 122 Å². The number of hydrogen-bond acceptors (Lipinski definition) is 9. The van der Waals surface area contributed by atoms with Crippen molar-refractivity contribution in [2.45, 2.75) is 46.4 Å². The van der Waals surface area contributed by atoms with Crippen LogP contribution in [0.3, 0.4) is 0 Å². The van der Waals surface area contributed by atoms with Crippen molar-refractivity contribution in [3.05, 3.63) is 131 Å². The Kier molecular flexibility index (Phi) is 9.05. The van der Waals surface area contributed by atoms with Crippen LogP contribution in [0.4, 0.5) is 5.69 Å². The first-order valence-electron chi connectivity index (χ1n) is 14.1. The van der Waals surface area contributed by atoms with E-state index in [0.717, 1.165) is 5.56 Å². The third-order valence-electron chi connectivity index (χ3n) is 6.80. The van der Waals surface area contributed by atoms with E-state index in [4.69, 9.17) is 14.2 Å². The maximum absolute atomic E-state index is 14.0. The summed E-state index contributed by atoms with van der Waals surface area (Å²) >= 11 is 1.24. The molecule has 226 valence electrons. The molecule has 1 aliphatic rings. The summed E-state index contributed by atoms with van der Waals surface area (Å²) in [4.78, 5) is 42.9. The molecule has 1 aromatic heterocycles. The summed E-state index contributed by atoms with van der Waals surface area (Å²) in [5, 5.41) is 11.0. The number of fused-ring (bicyclic) bond motifs is 1. The average Bonchev–Trinajstić information content (AvgIpc) is 3.30. The second-order valence-electron chi connectivity index (χ2n) is 10.3. The van der Waals surface area contributed by atoms with Gasteiger partial charge in [0, 0.05) is 17.7 Å². The Labute approximate surface area is 257 Å². The number of ether oxygens (including phenoxy) is 3. The van der Waals surface area contributed by atoms with Gasteiger partial charge < -0.3 is 14.2 Å². The van der Waals surface area contributed by atoms with Gasteiger partial charge in [0.25, 0.3) is 11.2 Å². The van der Waals surface area contributed by atoms with Crippen molar-refractivity contribution < 1.29 is 23.9 Å². The van der Waals surface area contributed by atoms with Gasteiger partial charge in [-0.1, -0.05) is 53.8 Å². The van der Waals surface area contributed by atoms with Crippen LogP contribution in [-0.4, -0.2) is 28.2 Å². The number of benzene rings is 3. The third kappa shape index (κ3) is 6.47. The van der Waals surface area contributed by atoms with Gasteiger partial charge in [-0.2, -0.15) is 0 Å². The molecule has 0 spiro atoms. The minimum absolute atomic E-state index is 0.00524. The summed E-state index contributed by atoms with van der Waals surface area (Å²) in [5.74, 6) is 0.610. The van der Waals surface area contributed by atoms with Crippen LogP contribution < -0.4 is 24.4 Å². The quantitative estimate of drug-likeness (QED) is 0.139. The fraction of sp³-hybridized carbons (Fsp3) is 0.242. The van der Waals surface area contributed by atoms with E-state index in [2.05, 4.69) is 4.99 Å². The highest BCUT2D eigenvalue weighted by Crippen LogP contribution is 2.36. The van der Waals surface area contributed by atoms with Crippen molar-refractivity contribution in [2.24, 2.45) is 4.99 Å². The first-order chi connectivity index (χ1) is 21.2. The standard InChI is InChI=1S/C33H31N3O7S/c1-5-41-32(38)29-21(4)34-33-35(30(29)26-11-6-7-12-27(26)43-20(2)3)31(37)28(44-33)18-22-13-15-25(16-14-22)42-19-23-9-8-10-24(17-23)36(39)40/h6-18,20,30H,5,19H2,1-4H3/b28-18+/t30-/m1/s1. The predicted molar refractivity (Wildman–Crippen MR) is 166 cm³/mol. The van der Waals surface area contributed by atoms with Gasteiger partial charge in [0.1, 0.15) is 24.1 Å². The first kappa shape index (κ1) is 30.4. The zero-order chi connectivity index (χ0) is 31.4. The number of allylic oxidation sites excluding steroid dienone is 1. The molecule has 0 radical (unpaired) electrons. The summed E-state index contributed by atoms with van der Waals surface area (Å²) in [7, 11) is 0. The Bertz CT molecular complexity index is 1920. The summed E-state index contributed by atoms with van der Waals surface area (Å²) in [6.07, 6.45) is 1.65. The summed E-state index contributed by atoms with van der Waals surface area (Å²) < 4.78 is 19.3. The summed E-state index contributed by atoms with van der Waals surface area (Å²) in [5.41, 5.74) is 2.58. The molecule has 0 amide bonds. The largest absolute Gasteiger partial charge is 0.491 e. The van der Waals surface area contributed by atoms with Crippen LogP contribution in [0.1, 0.15) is 50.4 Å². The molecule has 0 fully saturated rings. The smallest absolute Gasteiger partial charge is 0.338 e. The van der Waals surface area contributed by atoms with Crippen LogP contribution in [0.5, 0.6) is 11.5 Å². The molecule has 4 aromatic rings. The molecule has 5 rings (SSSR count). The SMILES string of the molecule is CCOC(=O)C1=C(C)N=c2s/c(=C/c3ccc(OCc4cccc([N+](=O)[O-])c4)cc3)c(=O)n2[C@@H]1c1ccccc1OC(C)C. The fourth-order valence-electron chi connectivity index (χ4n) is 4.89. The van der Waals surface area contributed by atoms with Gasteiger partial charge in [0.15, 0.2) is 4.80 Å². The van der Waals surface area contributed by atoms with Crippen molar-refractivity contribution in [3.8, 4) is 11.5 Å². The lowest BCUT2D eigenvalue weighted by molar-refractivity contribution is -0.384. The van der Waals surface area contributed by atoms with Gasteiger partial charge in [0.05, 0.1) is 33.4 Å². The predicted octanol–water partition coefficient (Wildman–Crippen LogP) is 5.07. The lowest BCUT2D eigenvalue weighted by Crippen LogP contribution is -2.40. The number of carbonyl (C=O) groups excluding carboxylic acids is 1. The molecule has 2 heterocycles. The minimum Gasteiger partial charge on any atom is -0.491 e. The zero-order valence-corrected chi connectivity index (χ0v) is 25.5. The molecule has 3 aromatic carbocycles. The number of aromatic nitrogens is 1. The first-order valence-corrected chi connectivity index (χ1v) is 14.9. The number of non-ortho nitro benzene ring substituents is 1. The van der Waals surface area contributed by atoms with E-state index >= 15 is 0 Å². The van der Waals surface area contributed by atoms with Crippen LogP contribution in [0, 0.1) is 10.1 Å². The highest BCUT2D eigenvalue weighted by atomic mass is 32.1. The number of hydrogen-bond donors (Lipinski definition) is 0. The average molecular weight is 614 g/mol. The minimum atomic E-state index is -0.785. The van der Waals surface area contributed by atoms with Crippen LogP contribution >= 0.6 is 11.3 Å². The second kappa shape index (κ2) is 13.1. The molecule has 0 saturated carbocycles. The number of carbonyl (C=O) groups is 1. The summed E-state index contributed by atoms with van der Waals surface area (Å²) in [6.45, 7) is 7.66. The second-order valence-corrected chi connectivity index (χ2v) is 11.3. The molecule has 44 heavy (non-hydrogen) atoms. The normalized spacial score (nSPS) is 14.7. The molecule has 0 unspecified atom stereocenters.